The van der Waals surface area contributed by atoms with Gasteiger partial charge < -0.3 is 15.5 Å². The molecule has 5 nitrogen and oxygen atoms in total. The van der Waals surface area contributed by atoms with Crippen molar-refractivity contribution in [3.63, 3.8) is 0 Å². The van der Waals surface area contributed by atoms with Crippen LogP contribution in [0.15, 0.2) is 0 Å². The summed E-state index contributed by atoms with van der Waals surface area (Å²) >= 11 is 0. The molecule has 4 fully saturated rings. The van der Waals surface area contributed by atoms with Crippen LogP contribution in [0.4, 0.5) is 4.79 Å². The van der Waals surface area contributed by atoms with Crippen molar-refractivity contribution in [3.8, 4) is 0 Å². The molecule has 5 heteroatoms. The fourth-order valence-corrected chi connectivity index (χ4v) is 5.60. The summed E-state index contributed by atoms with van der Waals surface area (Å²) in [6.45, 7) is 2.26. The second-order valence-corrected chi connectivity index (χ2v) is 8.44. The van der Waals surface area contributed by atoms with Gasteiger partial charge >= 0.3 is 6.03 Å². The number of rotatable bonds is 1. The van der Waals surface area contributed by atoms with Crippen molar-refractivity contribution in [2.75, 3.05) is 19.6 Å². The summed E-state index contributed by atoms with van der Waals surface area (Å²) in [4.78, 5) is 26.3. The van der Waals surface area contributed by atoms with Crippen molar-refractivity contribution in [3.05, 3.63) is 0 Å². The van der Waals surface area contributed by atoms with Crippen LogP contribution < -0.4 is 10.6 Å². The van der Waals surface area contributed by atoms with Gasteiger partial charge in [0, 0.05) is 37.5 Å². The van der Waals surface area contributed by atoms with Crippen molar-refractivity contribution in [1.82, 2.24) is 15.5 Å². The summed E-state index contributed by atoms with van der Waals surface area (Å²) in [7, 11) is 0. The van der Waals surface area contributed by atoms with Gasteiger partial charge in [0.1, 0.15) is 0 Å². The van der Waals surface area contributed by atoms with E-state index in [-0.39, 0.29) is 17.4 Å². The van der Waals surface area contributed by atoms with Gasteiger partial charge in [-0.25, -0.2) is 4.79 Å². The molecule has 128 valence electrons. The fourth-order valence-electron chi connectivity index (χ4n) is 5.60. The van der Waals surface area contributed by atoms with Gasteiger partial charge in [0.05, 0.1) is 0 Å². The molecule has 2 atom stereocenters. The van der Waals surface area contributed by atoms with E-state index >= 15 is 0 Å². The minimum atomic E-state index is 0.00599. The number of nitrogens with one attached hydrogen (secondary N) is 2. The van der Waals surface area contributed by atoms with Crippen LogP contribution in [0.1, 0.15) is 64.2 Å². The van der Waals surface area contributed by atoms with Crippen molar-refractivity contribution in [2.45, 2.75) is 70.3 Å². The molecular weight excluding hydrogens is 290 g/mol. The standard InChI is InChI=1S/C18H29N3O2/c22-15-11-17(12-19-15)9-10-21(13-17)16(23)20-14-5-1-2-6-18(14)7-3-4-8-18/h14H,1-13H2,(H,19,22)(H,20,23). The van der Waals surface area contributed by atoms with E-state index in [0.29, 0.717) is 17.9 Å². The summed E-state index contributed by atoms with van der Waals surface area (Å²) in [5, 5.41) is 6.33. The first-order valence-electron chi connectivity index (χ1n) is 9.43. The smallest absolute Gasteiger partial charge is 0.317 e. The van der Waals surface area contributed by atoms with E-state index in [4.69, 9.17) is 0 Å². The Morgan fingerprint density at radius 1 is 1.13 bits per heavy atom. The SMILES string of the molecule is O=C1CC2(CCN(C(=O)NC3CCCCC34CCCC4)C2)CN1. The number of nitrogens with zero attached hydrogens (tertiary/aromatic N) is 1. The van der Waals surface area contributed by atoms with Crippen LogP contribution in [0.2, 0.25) is 0 Å². The lowest BCUT2D eigenvalue weighted by atomic mass is 9.69. The highest BCUT2D eigenvalue weighted by molar-refractivity contribution is 5.80. The monoisotopic (exact) mass is 319 g/mol. The third-order valence-corrected chi connectivity index (χ3v) is 6.98. The van der Waals surface area contributed by atoms with Crippen LogP contribution in [-0.2, 0) is 4.79 Å². The minimum Gasteiger partial charge on any atom is -0.355 e. The number of carbonyl (C=O) groups is 2. The molecular formula is C18H29N3O2. The van der Waals surface area contributed by atoms with Crippen LogP contribution in [-0.4, -0.2) is 42.5 Å². The zero-order valence-electron chi connectivity index (χ0n) is 14.0. The predicted molar refractivity (Wildman–Crippen MR) is 87.9 cm³/mol. The quantitative estimate of drug-likeness (QED) is 0.780. The average Bonchev–Trinajstić information content (AvgIpc) is 3.25. The maximum absolute atomic E-state index is 12.8. The first-order valence-corrected chi connectivity index (χ1v) is 9.43. The molecule has 0 aromatic rings. The van der Waals surface area contributed by atoms with E-state index < -0.39 is 0 Å². The van der Waals surface area contributed by atoms with Gasteiger partial charge in [-0.2, -0.15) is 0 Å². The second-order valence-electron chi connectivity index (χ2n) is 8.44. The molecule has 0 aromatic heterocycles. The first kappa shape index (κ1) is 15.3. The molecule has 0 bridgehead atoms. The highest BCUT2D eigenvalue weighted by Crippen LogP contribution is 2.49. The summed E-state index contributed by atoms with van der Waals surface area (Å²) < 4.78 is 0. The largest absolute Gasteiger partial charge is 0.355 e. The lowest BCUT2D eigenvalue weighted by Gasteiger charge is -2.42. The average molecular weight is 319 g/mol. The molecule has 4 rings (SSSR count). The van der Waals surface area contributed by atoms with Gasteiger partial charge in [-0.3, -0.25) is 4.79 Å². The Bertz CT molecular complexity index is 500. The van der Waals surface area contributed by atoms with Crippen LogP contribution in [0.5, 0.6) is 0 Å². The van der Waals surface area contributed by atoms with Crippen molar-refractivity contribution < 1.29 is 9.59 Å². The Balaban J connectivity index is 1.39. The van der Waals surface area contributed by atoms with Crippen molar-refractivity contribution >= 4 is 11.9 Å². The van der Waals surface area contributed by atoms with E-state index in [1.807, 2.05) is 4.90 Å². The van der Waals surface area contributed by atoms with Crippen LogP contribution in [0.25, 0.3) is 0 Å². The zero-order chi connectivity index (χ0) is 15.9. The van der Waals surface area contributed by atoms with Gasteiger partial charge in [-0.05, 0) is 37.5 Å². The summed E-state index contributed by atoms with van der Waals surface area (Å²) in [5.41, 5.74) is 0.391. The van der Waals surface area contributed by atoms with E-state index in [2.05, 4.69) is 10.6 Å². The molecule has 3 amide bonds. The van der Waals surface area contributed by atoms with E-state index in [0.717, 1.165) is 32.5 Å². The molecule has 2 N–H and O–H groups in total. The normalized spacial score (nSPS) is 35.9. The number of likely N-dealkylation sites (tertiary alicyclic amines) is 1. The molecule has 2 heterocycles. The Hall–Kier alpha value is -1.26. The van der Waals surface area contributed by atoms with Crippen molar-refractivity contribution in [2.24, 2.45) is 10.8 Å². The van der Waals surface area contributed by atoms with Gasteiger partial charge in [0.2, 0.25) is 5.91 Å². The maximum Gasteiger partial charge on any atom is 0.317 e. The van der Waals surface area contributed by atoms with E-state index in [1.54, 1.807) is 0 Å². The molecule has 23 heavy (non-hydrogen) atoms. The van der Waals surface area contributed by atoms with Gasteiger partial charge in [0.15, 0.2) is 0 Å². The first-order chi connectivity index (χ1) is 11.1. The Morgan fingerprint density at radius 2 is 1.87 bits per heavy atom. The summed E-state index contributed by atoms with van der Waals surface area (Å²) in [6.07, 6.45) is 11.8. The summed E-state index contributed by atoms with van der Waals surface area (Å²) in [6, 6.07) is 0.477. The number of carbonyl (C=O) groups excluding carboxylic acids is 2. The second kappa shape index (κ2) is 5.67. The predicted octanol–water partition coefficient (Wildman–Crippen LogP) is 2.41. The minimum absolute atomic E-state index is 0.00599. The van der Waals surface area contributed by atoms with Gasteiger partial charge in [-0.15, -0.1) is 0 Å². The van der Waals surface area contributed by atoms with Crippen LogP contribution >= 0.6 is 0 Å². The fraction of sp³-hybridized carbons (Fsp3) is 0.889. The molecule has 2 aliphatic heterocycles. The maximum atomic E-state index is 12.8. The number of hydrogen-bond acceptors (Lipinski definition) is 2. The van der Waals surface area contributed by atoms with Gasteiger partial charge in [-0.1, -0.05) is 25.7 Å². The third kappa shape index (κ3) is 2.72. The molecule has 4 aliphatic rings. The third-order valence-electron chi connectivity index (χ3n) is 6.98. The van der Waals surface area contributed by atoms with Gasteiger partial charge in [0.25, 0.3) is 0 Å². The lowest BCUT2D eigenvalue weighted by molar-refractivity contribution is -0.119. The Kier molecular flexibility index (Phi) is 3.77. The molecule has 2 saturated heterocycles. The number of urea groups is 1. The number of hydrogen-bond donors (Lipinski definition) is 2. The van der Waals surface area contributed by atoms with Crippen molar-refractivity contribution in [1.29, 1.82) is 0 Å². The molecule has 2 saturated carbocycles. The van der Waals surface area contributed by atoms with E-state index in [1.165, 1.54) is 44.9 Å². The van der Waals surface area contributed by atoms with Crippen LogP contribution in [0, 0.1) is 10.8 Å². The lowest BCUT2D eigenvalue weighted by Crippen LogP contribution is -2.52. The molecule has 0 radical (unpaired) electrons. The Labute approximate surface area is 138 Å². The molecule has 2 unspecified atom stereocenters. The summed E-state index contributed by atoms with van der Waals surface area (Å²) in [5.74, 6) is 0.143. The van der Waals surface area contributed by atoms with Crippen LogP contribution in [0.3, 0.4) is 0 Å². The molecule has 2 aliphatic carbocycles. The topological polar surface area (TPSA) is 61.4 Å². The highest BCUT2D eigenvalue weighted by Gasteiger charge is 2.47. The zero-order valence-corrected chi connectivity index (χ0v) is 14.0. The highest BCUT2D eigenvalue weighted by atomic mass is 16.2. The van der Waals surface area contributed by atoms with E-state index in [9.17, 15) is 9.59 Å². The Morgan fingerprint density at radius 3 is 2.57 bits per heavy atom. The molecule has 2 spiro atoms. The molecule has 0 aromatic carbocycles. The number of amides is 3.